The molecule has 0 saturated heterocycles. The molecular weight excluding hydrogens is 620 g/mol. The fraction of sp³-hybridized carbons (Fsp3) is 0.194. The molecule has 0 spiro atoms. The molecule has 10 heteroatoms. The summed E-state index contributed by atoms with van der Waals surface area (Å²) >= 11 is 7.61. The third-order valence-electron chi connectivity index (χ3n) is 7.02. The van der Waals surface area contributed by atoms with Gasteiger partial charge in [-0.05, 0) is 79.1 Å². The number of benzene rings is 4. The number of carbonyl (C=O) groups excluding carboxylic acids is 3. The first-order chi connectivity index (χ1) is 22.1. The molecule has 4 rings (SSSR count). The minimum atomic E-state index is -0.488. The molecule has 0 aromatic heterocycles. The first-order valence-corrected chi connectivity index (χ1v) is 15.9. The third kappa shape index (κ3) is 9.15. The summed E-state index contributed by atoms with van der Waals surface area (Å²) in [6, 6.07) is 27.0. The summed E-state index contributed by atoms with van der Waals surface area (Å²) in [7, 11) is 5.42. The van der Waals surface area contributed by atoms with Gasteiger partial charge in [-0.2, -0.15) is 0 Å². The number of methoxy groups -OCH3 is 1. The van der Waals surface area contributed by atoms with Crippen LogP contribution in [0.4, 0.5) is 17.1 Å². The number of anilines is 3. The highest BCUT2D eigenvalue weighted by Crippen LogP contribution is 2.33. The summed E-state index contributed by atoms with van der Waals surface area (Å²) in [5.74, 6) is -0.597. The Hall–Kier alpha value is -4.73. The Bertz CT molecular complexity index is 1730. The summed E-state index contributed by atoms with van der Waals surface area (Å²) in [5.41, 5.74) is 4.15. The lowest BCUT2D eigenvalue weighted by atomic mass is 10.1. The van der Waals surface area contributed by atoms with E-state index in [-0.39, 0.29) is 11.6 Å². The lowest BCUT2D eigenvalue weighted by molar-refractivity contribution is -0.116. The van der Waals surface area contributed by atoms with Crippen LogP contribution in [0.25, 0.3) is 6.08 Å². The summed E-state index contributed by atoms with van der Waals surface area (Å²) in [6.07, 6.45) is 2.20. The highest BCUT2D eigenvalue weighted by molar-refractivity contribution is 8.00. The van der Waals surface area contributed by atoms with Crippen LogP contribution in [0.15, 0.2) is 102 Å². The molecule has 0 fully saturated rings. The summed E-state index contributed by atoms with van der Waals surface area (Å²) in [5, 5.41) is 8.77. The van der Waals surface area contributed by atoms with Crippen LogP contribution in [0.2, 0.25) is 5.02 Å². The Morgan fingerprint density at radius 3 is 2.30 bits per heavy atom. The Kier molecular flexibility index (Phi) is 11.9. The van der Waals surface area contributed by atoms with Crippen LogP contribution in [-0.2, 0) is 9.59 Å². The highest BCUT2D eigenvalue weighted by atomic mass is 35.5. The maximum Gasteiger partial charge on any atom is 0.272 e. The Morgan fingerprint density at radius 2 is 1.65 bits per heavy atom. The van der Waals surface area contributed by atoms with Crippen molar-refractivity contribution in [3.05, 3.63) is 118 Å². The molecule has 0 aliphatic rings. The maximum absolute atomic E-state index is 13.6. The SMILES string of the molecule is CCC(Sc1cccc(NC(=O)/C(=C\c2ccc(N(C)C)cc2)NC(=O)c2ccccc2)c1)C(=O)Nc1cc(C)c(Cl)cc1OC. The van der Waals surface area contributed by atoms with Gasteiger partial charge in [0.25, 0.3) is 11.8 Å². The highest BCUT2D eigenvalue weighted by Gasteiger charge is 2.21. The van der Waals surface area contributed by atoms with E-state index in [0.717, 1.165) is 21.7 Å². The number of hydrogen-bond donors (Lipinski definition) is 3. The summed E-state index contributed by atoms with van der Waals surface area (Å²) in [6.45, 7) is 3.79. The maximum atomic E-state index is 13.6. The number of aryl methyl sites for hydroxylation is 1. The van der Waals surface area contributed by atoms with Crippen molar-refractivity contribution in [1.82, 2.24) is 5.32 Å². The zero-order chi connectivity index (χ0) is 33.2. The lowest BCUT2D eigenvalue weighted by Gasteiger charge is -2.18. The third-order valence-corrected chi connectivity index (χ3v) is 8.79. The van der Waals surface area contributed by atoms with E-state index in [9.17, 15) is 14.4 Å². The molecule has 1 unspecified atom stereocenters. The van der Waals surface area contributed by atoms with E-state index < -0.39 is 17.1 Å². The number of rotatable bonds is 12. The predicted octanol–water partition coefficient (Wildman–Crippen LogP) is 7.64. The first-order valence-electron chi connectivity index (χ1n) is 14.7. The summed E-state index contributed by atoms with van der Waals surface area (Å²) in [4.78, 5) is 42.6. The van der Waals surface area contributed by atoms with E-state index in [1.807, 2.05) is 69.2 Å². The van der Waals surface area contributed by atoms with Gasteiger partial charge in [-0.1, -0.05) is 54.9 Å². The molecule has 8 nitrogen and oxygen atoms in total. The number of hydrogen-bond acceptors (Lipinski definition) is 6. The van der Waals surface area contributed by atoms with Gasteiger partial charge < -0.3 is 25.6 Å². The second-order valence-electron chi connectivity index (χ2n) is 10.7. The molecule has 0 heterocycles. The fourth-order valence-corrected chi connectivity index (χ4v) is 5.62. The van der Waals surface area contributed by atoms with Crippen LogP contribution >= 0.6 is 23.4 Å². The van der Waals surface area contributed by atoms with Gasteiger partial charge in [-0.25, -0.2) is 0 Å². The van der Waals surface area contributed by atoms with E-state index in [2.05, 4.69) is 16.0 Å². The monoisotopic (exact) mass is 656 g/mol. The topological polar surface area (TPSA) is 99.8 Å². The van der Waals surface area contributed by atoms with E-state index in [4.69, 9.17) is 16.3 Å². The van der Waals surface area contributed by atoms with Gasteiger partial charge in [0.15, 0.2) is 0 Å². The van der Waals surface area contributed by atoms with E-state index in [1.54, 1.807) is 60.7 Å². The van der Waals surface area contributed by atoms with Gasteiger partial charge in [0, 0.05) is 47.0 Å². The van der Waals surface area contributed by atoms with Crippen LogP contribution < -0.4 is 25.6 Å². The molecule has 238 valence electrons. The molecule has 0 aliphatic heterocycles. The molecule has 3 N–H and O–H groups in total. The molecule has 0 aliphatic carbocycles. The second-order valence-corrected chi connectivity index (χ2v) is 12.3. The molecule has 0 bridgehead atoms. The number of halogens is 1. The zero-order valence-corrected chi connectivity index (χ0v) is 28.0. The van der Waals surface area contributed by atoms with E-state index in [1.165, 1.54) is 18.9 Å². The Labute approximate surface area is 279 Å². The van der Waals surface area contributed by atoms with Gasteiger partial charge >= 0.3 is 0 Å². The van der Waals surface area contributed by atoms with Crippen LogP contribution in [0, 0.1) is 6.92 Å². The van der Waals surface area contributed by atoms with Crippen molar-refractivity contribution in [2.24, 2.45) is 0 Å². The zero-order valence-electron chi connectivity index (χ0n) is 26.4. The molecule has 0 saturated carbocycles. The normalized spacial score (nSPS) is 11.7. The quantitative estimate of drug-likeness (QED) is 0.107. The van der Waals surface area contributed by atoms with Crippen molar-refractivity contribution in [3.8, 4) is 5.75 Å². The second kappa shape index (κ2) is 16.0. The van der Waals surface area contributed by atoms with Crippen molar-refractivity contribution >= 4 is 64.2 Å². The average molecular weight is 657 g/mol. The standard InChI is InChI=1S/C36H37ClN4O4S/c1-6-33(36(44)39-30-19-23(2)29(37)22-32(30)45-5)46-28-14-10-13-26(21-28)38-35(43)31(40-34(42)25-11-8-7-9-12-25)20-24-15-17-27(18-16-24)41(3)4/h7-22,33H,6H2,1-5H3,(H,38,43)(H,39,44)(H,40,42)/b31-20+. The lowest BCUT2D eigenvalue weighted by Crippen LogP contribution is -2.30. The molecule has 1 atom stereocenters. The number of nitrogens with zero attached hydrogens (tertiary/aromatic N) is 1. The smallest absolute Gasteiger partial charge is 0.272 e. The molecule has 0 radical (unpaired) electrons. The largest absolute Gasteiger partial charge is 0.495 e. The van der Waals surface area contributed by atoms with Crippen LogP contribution in [0.5, 0.6) is 5.75 Å². The number of carbonyl (C=O) groups is 3. The Morgan fingerprint density at radius 1 is 0.935 bits per heavy atom. The van der Waals surface area contributed by atoms with Crippen molar-refractivity contribution in [2.75, 3.05) is 36.7 Å². The van der Waals surface area contributed by atoms with Crippen LogP contribution in [0.3, 0.4) is 0 Å². The molecule has 4 aromatic rings. The van der Waals surface area contributed by atoms with Gasteiger partial charge in [0.1, 0.15) is 11.4 Å². The van der Waals surface area contributed by atoms with Gasteiger partial charge in [0.2, 0.25) is 5.91 Å². The molecule has 46 heavy (non-hydrogen) atoms. The van der Waals surface area contributed by atoms with Gasteiger partial charge in [-0.3, -0.25) is 14.4 Å². The predicted molar refractivity (Wildman–Crippen MR) is 189 cm³/mol. The number of amides is 3. The van der Waals surface area contributed by atoms with Crippen LogP contribution in [0.1, 0.15) is 34.8 Å². The fourth-order valence-electron chi connectivity index (χ4n) is 4.45. The van der Waals surface area contributed by atoms with Crippen molar-refractivity contribution in [2.45, 2.75) is 30.4 Å². The van der Waals surface area contributed by atoms with Crippen molar-refractivity contribution < 1.29 is 19.1 Å². The van der Waals surface area contributed by atoms with E-state index in [0.29, 0.717) is 34.1 Å². The number of ether oxygens (including phenoxy) is 1. The van der Waals surface area contributed by atoms with Crippen LogP contribution in [-0.4, -0.2) is 44.2 Å². The number of thioether (sulfide) groups is 1. The number of nitrogens with one attached hydrogen (secondary N) is 3. The summed E-state index contributed by atoms with van der Waals surface area (Å²) < 4.78 is 5.41. The van der Waals surface area contributed by atoms with Gasteiger partial charge in [-0.15, -0.1) is 11.8 Å². The van der Waals surface area contributed by atoms with Crippen molar-refractivity contribution in [1.29, 1.82) is 0 Å². The average Bonchev–Trinajstić information content (AvgIpc) is 3.05. The van der Waals surface area contributed by atoms with Gasteiger partial charge in [0.05, 0.1) is 18.0 Å². The molecular formula is C36H37ClN4O4S. The van der Waals surface area contributed by atoms with E-state index >= 15 is 0 Å². The molecule has 4 aromatic carbocycles. The first kappa shape index (κ1) is 34.1. The Balaban J connectivity index is 1.52. The molecule has 3 amide bonds. The minimum absolute atomic E-state index is 0.0857. The minimum Gasteiger partial charge on any atom is -0.495 e. The van der Waals surface area contributed by atoms with Crippen molar-refractivity contribution in [3.63, 3.8) is 0 Å².